The van der Waals surface area contributed by atoms with Gasteiger partial charge in [0.25, 0.3) is 0 Å². The van der Waals surface area contributed by atoms with E-state index in [1.165, 1.54) is 0 Å². The Morgan fingerprint density at radius 3 is 2.60 bits per heavy atom. The zero-order valence-corrected chi connectivity index (χ0v) is 8.73. The highest BCUT2D eigenvalue weighted by Gasteiger charge is 1.96. The number of ketones is 1. The van der Waals surface area contributed by atoms with Gasteiger partial charge in [-0.15, -0.1) is 0 Å². The molecule has 1 aromatic rings. The highest BCUT2D eigenvalue weighted by molar-refractivity contribution is 5.78. The molecule has 0 aliphatic carbocycles. The van der Waals surface area contributed by atoms with E-state index in [9.17, 15) is 4.79 Å². The van der Waals surface area contributed by atoms with Crippen molar-refractivity contribution < 1.29 is 4.79 Å². The number of allylic oxidation sites excluding steroid dienone is 1. The van der Waals surface area contributed by atoms with Crippen LogP contribution in [-0.2, 0) is 11.2 Å². The molecule has 1 aromatic carbocycles. The first kappa shape index (κ1) is 11.2. The van der Waals surface area contributed by atoms with E-state index in [2.05, 4.69) is 0 Å². The molecular formula is C13H13NO. The van der Waals surface area contributed by atoms with Crippen molar-refractivity contribution in [3.63, 3.8) is 0 Å². The Balaban J connectivity index is 2.64. The van der Waals surface area contributed by atoms with Gasteiger partial charge in [0.1, 0.15) is 5.78 Å². The smallest absolute Gasteiger partial charge is 0.134 e. The Bertz CT molecular complexity index is 396. The van der Waals surface area contributed by atoms with E-state index in [-0.39, 0.29) is 5.78 Å². The summed E-state index contributed by atoms with van der Waals surface area (Å²) in [7, 11) is 0. The molecule has 1 rings (SSSR count). The number of rotatable bonds is 4. The third-order valence-corrected chi connectivity index (χ3v) is 1.95. The summed E-state index contributed by atoms with van der Waals surface area (Å²) >= 11 is 0. The van der Waals surface area contributed by atoms with Crippen molar-refractivity contribution >= 4 is 11.9 Å². The molecule has 0 saturated carbocycles. The Labute approximate surface area is 89.9 Å². The predicted octanol–water partition coefficient (Wildman–Crippen LogP) is 2.74. The topological polar surface area (TPSA) is 40.9 Å². The van der Waals surface area contributed by atoms with Crippen molar-refractivity contribution in [2.75, 3.05) is 0 Å². The molecule has 0 unspecified atom stereocenters. The van der Waals surface area contributed by atoms with Gasteiger partial charge in [0.2, 0.25) is 0 Å². The maximum Gasteiger partial charge on any atom is 0.134 e. The molecule has 2 nitrogen and oxygen atoms in total. The van der Waals surface area contributed by atoms with Crippen molar-refractivity contribution in [3.05, 3.63) is 41.5 Å². The standard InChI is InChI=1S/C13H13NO/c1-11(15)10-13-7-5-12(6-8-13)4-2-3-9-14/h2,4-8H,3,10H2,1H3. The van der Waals surface area contributed by atoms with Crippen LogP contribution in [0.5, 0.6) is 0 Å². The van der Waals surface area contributed by atoms with E-state index >= 15 is 0 Å². The van der Waals surface area contributed by atoms with E-state index in [4.69, 9.17) is 5.26 Å². The summed E-state index contributed by atoms with van der Waals surface area (Å²) in [6.45, 7) is 1.58. The summed E-state index contributed by atoms with van der Waals surface area (Å²) in [5, 5.41) is 8.35. The molecule has 76 valence electrons. The molecule has 2 heteroatoms. The van der Waals surface area contributed by atoms with Crippen molar-refractivity contribution in [3.8, 4) is 6.07 Å². The average Bonchev–Trinajstić information content (AvgIpc) is 2.20. The van der Waals surface area contributed by atoms with Gasteiger partial charge in [0, 0.05) is 6.42 Å². The van der Waals surface area contributed by atoms with Gasteiger partial charge in [-0.25, -0.2) is 0 Å². The van der Waals surface area contributed by atoms with Gasteiger partial charge in [0.15, 0.2) is 0 Å². The molecule has 0 fully saturated rings. The third kappa shape index (κ3) is 4.24. The minimum atomic E-state index is 0.169. The van der Waals surface area contributed by atoms with Crippen molar-refractivity contribution in [1.82, 2.24) is 0 Å². The SMILES string of the molecule is CC(=O)Cc1ccc(C=CCC#N)cc1. The fourth-order valence-corrected chi connectivity index (χ4v) is 1.28. The summed E-state index contributed by atoms with van der Waals surface area (Å²) in [5.41, 5.74) is 2.08. The van der Waals surface area contributed by atoms with E-state index in [1.54, 1.807) is 6.92 Å². The van der Waals surface area contributed by atoms with Gasteiger partial charge >= 0.3 is 0 Å². The first-order chi connectivity index (χ1) is 7.22. The number of Topliss-reactive ketones (excluding diaryl/α,β-unsaturated/α-hetero) is 1. The Morgan fingerprint density at radius 2 is 2.07 bits per heavy atom. The summed E-state index contributed by atoms with van der Waals surface area (Å²) < 4.78 is 0. The van der Waals surface area contributed by atoms with Gasteiger partial charge in [-0.2, -0.15) is 5.26 Å². The summed E-state index contributed by atoms with van der Waals surface area (Å²) in [5.74, 6) is 0.169. The average molecular weight is 199 g/mol. The van der Waals surface area contributed by atoms with Gasteiger partial charge in [-0.3, -0.25) is 4.79 Å². The van der Waals surface area contributed by atoms with Crippen LogP contribution in [-0.4, -0.2) is 5.78 Å². The van der Waals surface area contributed by atoms with Gasteiger partial charge < -0.3 is 0 Å². The maximum atomic E-state index is 10.9. The number of hydrogen-bond donors (Lipinski definition) is 0. The van der Waals surface area contributed by atoms with Gasteiger partial charge in [-0.1, -0.05) is 36.4 Å². The maximum absolute atomic E-state index is 10.9. The van der Waals surface area contributed by atoms with Gasteiger partial charge in [-0.05, 0) is 18.1 Å². The predicted molar refractivity (Wildman–Crippen MR) is 60.1 cm³/mol. The number of benzene rings is 1. The van der Waals surface area contributed by atoms with Crippen LogP contribution in [0.2, 0.25) is 0 Å². The Hall–Kier alpha value is -1.88. The minimum absolute atomic E-state index is 0.169. The lowest BCUT2D eigenvalue weighted by Crippen LogP contribution is -1.95. The molecule has 0 bridgehead atoms. The second-order valence-corrected chi connectivity index (χ2v) is 3.38. The number of nitrogens with zero attached hydrogens (tertiary/aromatic N) is 1. The van der Waals surface area contributed by atoms with E-state index in [1.807, 2.05) is 42.5 Å². The molecular weight excluding hydrogens is 186 g/mol. The molecule has 0 aliphatic heterocycles. The highest BCUT2D eigenvalue weighted by Crippen LogP contribution is 2.07. The first-order valence-corrected chi connectivity index (χ1v) is 4.84. The summed E-state index contributed by atoms with van der Waals surface area (Å²) in [4.78, 5) is 10.9. The van der Waals surface area contributed by atoms with Crippen molar-refractivity contribution in [1.29, 1.82) is 5.26 Å². The number of carbonyl (C=O) groups is 1. The summed E-state index contributed by atoms with van der Waals surface area (Å²) in [6, 6.07) is 9.82. The van der Waals surface area contributed by atoms with Crippen molar-refractivity contribution in [2.45, 2.75) is 19.8 Å². The van der Waals surface area contributed by atoms with E-state index in [0.29, 0.717) is 12.8 Å². The number of hydrogen-bond acceptors (Lipinski definition) is 2. The van der Waals surface area contributed by atoms with Crippen LogP contribution in [0, 0.1) is 11.3 Å². The van der Waals surface area contributed by atoms with Crippen LogP contribution in [0.15, 0.2) is 30.3 Å². The van der Waals surface area contributed by atoms with Gasteiger partial charge in [0.05, 0.1) is 12.5 Å². The lowest BCUT2D eigenvalue weighted by molar-refractivity contribution is -0.116. The normalized spacial score (nSPS) is 10.1. The molecule has 15 heavy (non-hydrogen) atoms. The molecule has 0 saturated heterocycles. The quantitative estimate of drug-likeness (QED) is 0.748. The Kier molecular flexibility index (Phi) is 4.30. The fraction of sp³-hybridized carbons (Fsp3) is 0.231. The molecule has 0 radical (unpaired) electrons. The highest BCUT2D eigenvalue weighted by atomic mass is 16.1. The molecule has 0 spiro atoms. The van der Waals surface area contributed by atoms with Crippen LogP contribution >= 0.6 is 0 Å². The van der Waals surface area contributed by atoms with E-state index in [0.717, 1.165) is 11.1 Å². The largest absolute Gasteiger partial charge is 0.300 e. The van der Waals surface area contributed by atoms with Crippen molar-refractivity contribution in [2.24, 2.45) is 0 Å². The van der Waals surface area contributed by atoms with Crippen LogP contribution < -0.4 is 0 Å². The third-order valence-electron chi connectivity index (χ3n) is 1.95. The van der Waals surface area contributed by atoms with Crippen LogP contribution in [0.3, 0.4) is 0 Å². The lowest BCUT2D eigenvalue weighted by atomic mass is 10.1. The zero-order valence-electron chi connectivity index (χ0n) is 8.73. The number of nitriles is 1. The van der Waals surface area contributed by atoms with Crippen LogP contribution in [0.25, 0.3) is 6.08 Å². The molecule has 0 N–H and O–H groups in total. The lowest BCUT2D eigenvalue weighted by Gasteiger charge is -1.98. The molecule has 0 aliphatic rings. The molecule has 0 atom stereocenters. The molecule has 0 amide bonds. The van der Waals surface area contributed by atoms with E-state index < -0.39 is 0 Å². The second kappa shape index (κ2) is 5.77. The molecule has 0 aromatic heterocycles. The fourth-order valence-electron chi connectivity index (χ4n) is 1.28. The van der Waals surface area contributed by atoms with Crippen LogP contribution in [0.1, 0.15) is 24.5 Å². The first-order valence-electron chi connectivity index (χ1n) is 4.84. The molecule has 0 heterocycles. The Morgan fingerprint density at radius 1 is 1.40 bits per heavy atom. The summed E-state index contributed by atoms with van der Waals surface area (Å²) in [6.07, 6.45) is 4.64. The van der Waals surface area contributed by atoms with Crippen LogP contribution in [0.4, 0.5) is 0 Å². The monoisotopic (exact) mass is 199 g/mol. The second-order valence-electron chi connectivity index (χ2n) is 3.38. The minimum Gasteiger partial charge on any atom is -0.300 e. The number of carbonyl (C=O) groups excluding carboxylic acids is 1. The zero-order chi connectivity index (χ0) is 11.1.